The van der Waals surface area contributed by atoms with Crippen molar-refractivity contribution in [3.8, 4) is 0 Å². The summed E-state index contributed by atoms with van der Waals surface area (Å²) in [6.07, 6.45) is 22.6. The smallest absolute Gasteiger partial charge is 0.00137 e. The minimum Gasteiger partial charge on any atom is -0.0949 e. The van der Waals surface area contributed by atoms with Crippen LogP contribution < -0.4 is 0 Å². The van der Waals surface area contributed by atoms with Crippen molar-refractivity contribution in [2.75, 3.05) is 0 Å². The number of benzene rings is 2. The van der Waals surface area contributed by atoms with Crippen LogP contribution in [-0.2, 0) is 25.7 Å². The molecule has 1 saturated carbocycles. The maximum atomic E-state index is 4.49. The topological polar surface area (TPSA) is 0 Å². The maximum Gasteiger partial charge on any atom is -0.00137 e. The van der Waals surface area contributed by atoms with Gasteiger partial charge in [-0.1, -0.05) is 93.3 Å². The Labute approximate surface area is 199 Å². The zero-order valence-corrected chi connectivity index (χ0v) is 20.0. The summed E-state index contributed by atoms with van der Waals surface area (Å²) in [7, 11) is 0. The molecule has 0 heterocycles. The number of fused-ring (bicyclic) bond motifs is 2. The van der Waals surface area contributed by atoms with Crippen molar-refractivity contribution in [2.24, 2.45) is 5.92 Å². The normalized spacial score (nSPS) is 19.7. The van der Waals surface area contributed by atoms with Gasteiger partial charge < -0.3 is 0 Å². The summed E-state index contributed by atoms with van der Waals surface area (Å²) in [6, 6.07) is 14.3. The highest BCUT2D eigenvalue weighted by molar-refractivity contribution is 5.75. The van der Waals surface area contributed by atoms with Crippen molar-refractivity contribution in [3.05, 3.63) is 105 Å². The standard InChI is InChI=1S/C33H36/c1-23(27-16-15-26-9-5-10-28(26)20-27)17-30-11-6-12-33(30)32-21-29-14-13-25(19-31(29)22-32)18-24-7-3-2-4-8-24/h11-16,19-20,22,24H,1-10,17-18,21H2. The third kappa shape index (κ3) is 4.33. The molecule has 4 aliphatic carbocycles. The molecule has 33 heavy (non-hydrogen) atoms. The Morgan fingerprint density at radius 1 is 0.848 bits per heavy atom. The van der Waals surface area contributed by atoms with Crippen LogP contribution in [0.5, 0.6) is 0 Å². The van der Waals surface area contributed by atoms with Crippen LogP contribution in [0, 0.1) is 5.92 Å². The second-order valence-electron chi connectivity index (χ2n) is 10.8. The average Bonchev–Trinajstić information content (AvgIpc) is 3.58. The molecule has 0 saturated heterocycles. The van der Waals surface area contributed by atoms with Crippen LogP contribution in [0.1, 0.15) is 84.7 Å². The molecule has 0 N–H and O–H groups in total. The molecule has 0 aromatic heterocycles. The first-order valence-corrected chi connectivity index (χ1v) is 13.3. The Kier molecular flexibility index (Phi) is 5.70. The van der Waals surface area contributed by atoms with Gasteiger partial charge in [-0.15, -0.1) is 0 Å². The SMILES string of the molecule is C=C(CC1=CCC=C1C1=Cc2cc(CC3CCCCC3)ccc2C1)c1ccc2c(c1)CCC2. The first-order chi connectivity index (χ1) is 16.2. The molecule has 0 radical (unpaired) electrons. The molecule has 4 aliphatic rings. The fourth-order valence-corrected chi connectivity index (χ4v) is 6.60. The first kappa shape index (κ1) is 21.0. The van der Waals surface area contributed by atoms with Gasteiger partial charge in [0.1, 0.15) is 0 Å². The number of hydrogen-bond donors (Lipinski definition) is 0. The maximum absolute atomic E-state index is 4.49. The lowest BCUT2D eigenvalue weighted by molar-refractivity contribution is 0.356. The molecular weight excluding hydrogens is 396 g/mol. The summed E-state index contributed by atoms with van der Waals surface area (Å²) in [5, 5.41) is 0. The van der Waals surface area contributed by atoms with E-state index in [0.717, 1.165) is 25.2 Å². The van der Waals surface area contributed by atoms with E-state index in [1.54, 1.807) is 16.7 Å². The van der Waals surface area contributed by atoms with Gasteiger partial charge in [-0.25, -0.2) is 0 Å². The average molecular weight is 433 g/mol. The third-order valence-corrected chi connectivity index (χ3v) is 8.46. The lowest BCUT2D eigenvalue weighted by Gasteiger charge is -2.21. The number of allylic oxidation sites excluding steroid dienone is 6. The Morgan fingerprint density at radius 3 is 2.61 bits per heavy atom. The summed E-state index contributed by atoms with van der Waals surface area (Å²) in [5.41, 5.74) is 14.6. The molecule has 0 spiro atoms. The molecule has 6 rings (SSSR count). The van der Waals surface area contributed by atoms with Crippen LogP contribution in [0.3, 0.4) is 0 Å². The summed E-state index contributed by atoms with van der Waals surface area (Å²) >= 11 is 0. The molecule has 1 fully saturated rings. The van der Waals surface area contributed by atoms with Gasteiger partial charge in [-0.05, 0) is 107 Å². The number of aryl methyl sites for hydroxylation is 2. The lowest BCUT2D eigenvalue weighted by atomic mass is 9.84. The van der Waals surface area contributed by atoms with E-state index in [1.807, 2.05) is 0 Å². The van der Waals surface area contributed by atoms with Crippen molar-refractivity contribution in [2.45, 2.75) is 77.0 Å². The van der Waals surface area contributed by atoms with E-state index < -0.39 is 0 Å². The molecule has 0 aliphatic heterocycles. The lowest BCUT2D eigenvalue weighted by Crippen LogP contribution is -2.09. The molecule has 2 aromatic rings. The van der Waals surface area contributed by atoms with Gasteiger partial charge in [0.15, 0.2) is 0 Å². The van der Waals surface area contributed by atoms with Gasteiger partial charge in [0, 0.05) is 0 Å². The number of hydrogen-bond acceptors (Lipinski definition) is 0. The van der Waals surface area contributed by atoms with Crippen LogP contribution in [0.2, 0.25) is 0 Å². The monoisotopic (exact) mass is 432 g/mol. The second-order valence-corrected chi connectivity index (χ2v) is 10.8. The molecule has 0 atom stereocenters. The molecule has 2 aromatic carbocycles. The quantitative estimate of drug-likeness (QED) is 0.429. The zero-order chi connectivity index (χ0) is 22.2. The highest BCUT2D eigenvalue weighted by Gasteiger charge is 2.22. The molecule has 0 unspecified atom stereocenters. The fourth-order valence-electron chi connectivity index (χ4n) is 6.60. The zero-order valence-electron chi connectivity index (χ0n) is 20.0. The van der Waals surface area contributed by atoms with Crippen molar-refractivity contribution in [1.82, 2.24) is 0 Å². The predicted molar refractivity (Wildman–Crippen MR) is 141 cm³/mol. The second kappa shape index (κ2) is 8.98. The van der Waals surface area contributed by atoms with Crippen molar-refractivity contribution >= 4 is 11.6 Å². The minimum absolute atomic E-state index is 0.902. The highest BCUT2D eigenvalue weighted by atomic mass is 14.3. The Hall–Kier alpha value is -2.60. The van der Waals surface area contributed by atoms with E-state index in [0.29, 0.717) is 0 Å². The third-order valence-electron chi connectivity index (χ3n) is 8.46. The minimum atomic E-state index is 0.902. The first-order valence-electron chi connectivity index (χ1n) is 13.3. The Balaban J connectivity index is 1.15. The Morgan fingerprint density at radius 2 is 1.70 bits per heavy atom. The molecule has 0 bridgehead atoms. The molecule has 0 heteroatoms. The van der Waals surface area contributed by atoms with Gasteiger partial charge in [0.25, 0.3) is 0 Å². The summed E-state index contributed by atoms with van der Waals surface area (Å²) in [6.45, 7) is 4.49. The van der Waals surface area contributed by atoms with E-state index in [-0.39, 0.29) is 0 Å². The Bertz CT molecular complexity index is 1180. The van der Waals surface area contributed by atoms with Crippen molar-refractivity contribution in [3.63, 3.8) is 0 Å². The summed E-state index contributed by atoms with van der Waals surface area (Å²) in [4.78, 5) is 0. The highest BCUT2D eigenvalue weighted by Crippen LogP contribution is 2.39. The largest absolute Gasteiger partial charge is 0.0949 e. The molecular formula is C33H36. The van der Waals surface area contributed by atoms with Gasteiger partial charge >= 0.3 is 0 Å². The number of rotatable bonds is 6. The van der Waals surface area contributed by atoms with Gasteiger partial charge in [-0.3, -0.25) is 0 Å². The van der Waals surface area contributed by atoms with Gasteiger partial charge in [0.2, 0.25) is 0 Å². The van der Waals surface area contributed by atoms with E-state index in [9.17, 15) is 0 Å². The van der Waals surface area contributed by atoms with Crippen LogP contribution in [0.25, 0.3) is 11.6 Å². The van der Waals surface area contributed by atoms with Crippen LogP contribution in [0.4, 0.5) is 0 Å². The fraction of sp³-hybridized carbons (Fsp3) is 0.394. The van der Waals surface area contributed by atoms with E-state index >= 15 is 0 Å². The molecule has 0 nitrogen and oxygen atoms in total. The molecule has 0 amide bonds. The summed E-state index contributed by atoms with van der Waals surface area (Å²) < 4.78 is 0. The summed E-state index contributed by atoms with van der Waals surface area (Å²) in [5.74, 6) is 0.902. The molecule has 168 valence electrons. The van der Waals surface area contributed by atoms with E-state index in [1.165, 1.54) is 96.8 Å². The van der Waals surface area contributed by atoms with Gasteiger partial charge in [0.05, 0.1) is 0 Å². The van der Waals surface area contributed by atoms with Gasteiger partial charge in [-0.2, -0.15) is 0 Å². The van der Waals surface area contributed by atoms with E-state index in [4.69, 9.17) is 0 Å². The van der Waals surface area contributed by atoms with Crippen LogP contribution in [-0.4, -0.2) is 0 Å². The van der Waals surface area contributed by atoms with Crippen molar-refractivity contribution < 1.29 is 0 Å². The predicted octanol–water partition coefficient (Wildman–Crippen LogP) is 8.60. The van der Waals surface area contributed by atoms with Crippen LogP contribution in [0.15, 0.2) is 71.8 Å². The van der Waals surface area contributed by atoms with E-state index in [2.05, 4.69) is 61.2 Å². The van der Waals surface area contributed by atoms with Crippen molar-refractivity contribution in [1.29, 1.82) is 0 Å². The van der Waals surface area contributed by atoms with Crippen LogP contribution >= 0.6 is 0 Å².